The molecule has 1 amide bonds. The van der Waals surface area contributed by atoms with Crippen LogP contribution in [0, 0.1) is 6.92 Å². The average molecular weight is 391 g/mol. The third-order valence-electron chi connectivity index (χ3n) is 4.42. The van der Waals surface area contributed by atoms with E-state index in [-0.39, 0.29) is 11.9 Å². The summed E-state index contributed by atoms with van der Waals surface area (Å²) in [5, 5.41) is 2.86. The first kappa shape index (κ1) is 20.3. The Bertz CT molecular complexity index is 957. The van der Waals surface area contributed by atoms with Crippen molar-refractivity contribution in [2.75, 3.05) is 5.32 Å². The van der Waals surface area contributed by atoms with E-state index < -0.39 is 6.10 Å². The van der Waals surface area contributed by atoms with Gasteiger partial charge in [0.05, 0.1) is 0 Å². The summed E-state index contributed by atoms with van der Waals surface area (Å²) >= 11 is 0. The number of nitrogens with one attached hydrogen (secondary N) is 1. The highest BCUT2D eigenvalue weighted by Gasteiger charge is 2.17. The Balaban J connectivity index is 1.60. The van der Waals surface area contributed by atoms with Gasteiger partial charge < -0.3 is 14.8 Å². The van der Waals surface area contributed by atoms with Crippen molar-refractivity contribution in [3.8, 4) is 17.5 Å². The van der Waals surface area contributed by atoms with Gasteiger partial charge in [-0.2, -0.15) is 0 Å². The van der Waals surface area contributed by atoms with Gasteiger partial charge in [0, 0.05) is 18.1 Å². The van der Waals surface area contributed by atoms with Crippen LogP contribution >= 0.6 is 0 Å². The molecule has 0 aliphatic rings. The van der Waals surface area contributed by atoms with Crippen molar-refractivity contribution in [3.63, 3.8) is 0 Å². The molecule has 0 radical (unpaired) electrons. The topological polar surface area (TPSA) is 73.3 Å². The predicted molar refractivity (Wildman–Crippen MR) is 113 cm³/mol. The van der Waals surface area contributed by atoms with E-state index in [4.69, 9.17) is 9.47 Å². The summed E-state index contributed by atoms with van der Waals surface area (Å²) in [4.78, 5) is 20.6. The second-order valence-corrected chi connectivity index (χ2v) is 7.09. The fourth-order valence-electron chi connectivity index (χ4n) is 2.64. The average Bonchev–Trinajstić information content (AvgIpc) is 2.71. The predicted octanol–water partition coefficient (Wildman–Crippen LogP) is 5.11. The zero-order chi connectivity index (χ0) is 20.8. The maximum absolute atomic E-state index is 12.5. The van der Waals surface area contributed by atoms with Crippen LogP contribution in [0.1, 0.15) is 37.8 Å². The molecule has 29 heavy (non-hydrogen) atoms. The maximum atomic E-state index is 12.5. The van der Waals surface area contributed by atoms with Crippen molar-refractivity contribution in [1.82, 2.24) is 9.97 Å². The fraction of sp³-hybridized carbons (Fsp3) is 0.261. The maximum Gasteiger partial charge on any atom is 0.321 e. The second kappa shape index (κ2) is 9.19. The normalized spacial score (nSPS) is 11.8. The lowest BCUT2D eigenvalue weighted by molar-refractivity contribution is -0.122. The van der Waals surface area contributed by atoms with Gasteiger partial charge in [0.2, 0.25) is 0 Å². The van der Waals surface area contributed by atoms with Gasteiger partial charge in [0.25, 0.3) is 5.91 Å². The highest BCUT2D eigenvalue weighted by atomic mass is 16.5. The van der Waals surface area contributed by atoms with Crippen molar-refractivity contribution < 1.29 is 14.3 Å². The molecule has 6 heteroatoms. The number of ether oxygens (including phenoxy) is 2. The lowest BCUT2D eigenvalue weighted by Crippen LogP contribution is -2.30. The van der Waals surface area contributed by atoms with Crippen molar-refractivity contribution in [2.24, 2.45) is 0 Å². The highest BCUT2D eigenvalue weighted by molar-refractivity contribution is 5.94. The Morgan fingerprint density at radius 2 is 1.69 bits per heavy atom. The van der Waals surface area contributed by atoms with Crippen molar-refractivity contribution >= 4 is 11.6 Å². The quantitative estimate of drug-likeness (QED) is 0.606. The summed E-state index contributed by atoms with van der Waals surface area (Å²) in [5.74, 6) is 1.48. The number of anilines is 1. The van der Waals surface area contributed by atoms with Gasteiger partial charge >= 0.3 is 6.01 Å². The molecule has 0 bridgehead atoms. The van der Waals surface area contributed by atoms with Gasteiger partial charge in [-0.25, -0.2) is 9.97 Å². The molecule has 0 spiro atoms. The van der Waals surface area contributed by atoms with Gasteiger partial charge in [0.1, 0.15) is 11.5 Å². The molecule has 1 heterocycles. The molecule has 6 nitrogen and oxygen atoms in total. The Labute approximate surface area is 170 Å². The third kappa shape index (κ3) is 5.54. The lowest BCUT2D eigenvalue weighted by atomic mass is 10.0. The molecule has 1 atom stereocenters. The molecule has 1 unspecified atom stereocenters. The van der Waals surface area contributed by atoms with Gasteiger partial charge in [-0.15, -0.1) is 0 Å². The minimum Gasteiger partial charge on any atom is -0.481 e. The number of hydrogen-bond donors (Lipinski definition) is 1. The highest BCUT2D eigenvalue weighted by Crippen LogP contribution is 2.25. The number of carbonyl (C=O) groups is 1. The molecule has 0 aliphatic heterocycles. The molecule has 0 fully saturated rings. The number of hydrogen-bond acceptors (Lipinski definition) is 5. The first-order valence-corrected chi connectivity index (χ1v) is 9.55. The van der Waals surface area contributed by atoms with Gasteiger partial charge in [-0.05, 0) is 67.3 Å². The van der Waals surface area contributed by atoms with E-state index in [1.54, 1.807) is 49.6 Å². The molecule has 2 aromatic carbocycles. The van der Waals surface area contributed by atoms with E-state index in [9.17, 15) is 4.79 Å². The number of benzene rings is 2. The molecular weight excluding hydrogens is 366 g/mol. The number of rotatable bonds is 7. The van der Waals surface area contributed by atoms with Gasteiger partial charge in [-0.1, -0.05) is 26.0 Å². The summed E-state index contributed by atoms with van der Waals surface area (Å²) < 4.78 is 11.5. The molecular formula is C23H25N3O3. The van der Waals surface area contributed by atoms with Crippen LogP contribution in [0.3, 0.4) is 0 Å². The van der Waals surface area contributed by atoms with Gasteiger partial charge in [0.15, 0.2) is 6.10 Å². The Morgan fingerprint density at radius 3 is 2.34 bits per heavy atom. The summed E-state index contributed by atoms with van der Waals surface area (Å²) in [6.45, 7) is 7.96. The smallest absolute Gasteiger partial charge is 0.321 e. The Kier molecular flexibility index (Phi) is 6.44. The molecule has 1 N–H and O–H groups in total. The van der Waals surface area contributed by atoms with Crippen LogP contribution in [0.2, 0.25) is 0 Å². The summed E-state index contributed by atoms with van der Waals surface area (Å²) in [7, 11) is 0. The number of aromatic nitrogens is 2. The molecule has 0 aliphatic carbocycles. The van der Waals surface area contributed by atoms with Crippen LogP contribution in [0.25, 0.3) is 0 Å². The van der Waals surface area contributed by atoms with Crippen LogP contribution in [-0.2, 0) is 4.79 Å². The van der Waals surface area contributed by atoms with Crippen molar-refractivity contribution in [3.05, 3.63) is 72.1 Å². The fourth-order valence-corrected chi connectivity index (χ4v) is 2.64. The third-order valence-corrected chi connectivity index (χ3v) is 4.42. The van der Waals surface area contributed by atoms with E-state index >= 15 is 0 Å². The summed E-state index contributed by atoms with van der Waals surface area (Å²) in [6.07, 6.45) is 2.58. The Hall–Kier alpha value is -3.41. The minimum atomic E-state index is -0.634. The van der Waals surface area contributed by atoms with E-state index in [1.165, 1.54) is 5.56 Å². The van der Waals surface area contributed by atoms with E-state index in [2.05, 4.69) is 35.2 Å². The number of carbonyl (C=O) groups excluding carboxylic acids is 1. The van der Waals surface area contributed by atoms with E-state index in [1.807, 2.05) is 19.1 Å². The van der Waals surface area contributed by atoms with E-state index in [0.717, 1.165) is 11.3 Å². The van der Waals surface area contributed by atoms with Crippen LogP contribution in [0.15, 0.2) is 60.9 Å². The zero-order valence-corrected chi connectivity index (χ0v) is 17.0. The largest absolute Gasteiger partial charge is 0.481 e. The monoisotopic (exact) mass is 391 g/mol. The first-order valence-electron chi connectivity index (χ1n) is 9.55. The molecule has 3 aromatic rings. The second-order valence-electron chi connectivity index (χ2n) is 7.09. The molecule has 0 saturated carbocycles. The first-order chi connectivity index (χ1) is 13.9. The molecule has 150 valence electrons. The van der Waals surface area contributed by atoms with Crippen LogP contribution in [0.5, 0.6) is 17.5 Å². The Morgan fingerprint density at radius 1 is 1.00 bits per heavy atom. The molecule has 1 aromatic heterocycles. The standard InChI is InChI=1S/C23H25N3O3/c1-15(2)18-7-6-16(3)21(14-18)28-17(4)22(27)26-19-8-10-20(11-9-19)29-23-24-12-5-13-25-23/h5-15,17H,1-4H3,(H,26,27). The molecule has 0 saturated heterocycles. The van der Waals surface area contributed by atoms with Crippen LogP contribution < -0.4 is 14.8 Å². The lowest BCUT2D eigenvalue weighted by Gasteiger charge is -2.18. The van der Waals surface area contributed by atoms with Crippen molar-refractivity contribution in [2.45, 2.75) is 39.7 Å². The minimum absolute atomic E-state index is 0.223. The van der Waals surface area contributed by atoms with Crippen molar-refractivity contribution in [1.29, 1.82) is 0 Å². The summed E-state index contributed by atoms with van der Waals surface area (Å²) in [6, 6.07) is 15.1. The molecule has 3 rings (SSSR count). The zero-order valence-electron chi connectivity index (χ0n) is 17.0. The number of nitrogens with zero attached hydrogens (tertiary/aromatic N) is 2. The van der Waals surface area contributed by atoms with Crippen LogP contribution in [0.4, 0.5) is 5.69 Å². The SMILES string of the molecule is Cc1ccc(C(C)C)cc1OC(C)C(=O)Nc1ccc(Oc2ncccn2)cc1. The number of aryl methyl sites for hydroxylation is 1. The van der Waals surface area contributed by atoms with E-state index in [0.29, 0.717) is 17.4 Å². The van der Waals surface area contributed by atoms with Crippen LogP contribution in [-0.4, -0.2) is 22.0 Å². The number of amides is 1. The summed E-state index contributed by atoms with van der Waals surface area (Å²) in [5.41, 5.74) is 2.83. The van der Waals surface area contributed by atoms with Gasteiger partial charge in [-0.3, -0.25) is 4.79 Å².